The highest BCUT2D eigenvalue weighted by molar-refractivity contribution is 8.00. The maximum atomic E-state index is 12.2. The molecule has 0 aliphatic carbocycles. The van der Waals surface area contributed by atoms with Crippen molar-refractivity contribution in [1.82, 2.24) is 10.9 Å². The van der Waals surface area contributed by atoms with Gasteiger partial charge >= 0.3 is 0 Å². The summed E-state index contributed by atoms with van der Waals surface area (Å²) in [4.78, 5) is 24.5. The van der Waals surface area contributed by atoms with Gasteiger partial charge in [0.15, 0.2) is 0 Å². The number of amides is 2. The van der Waals surface area contributed by atoms with E-state index in [-0.39, 0.29) is 22.3 Å². The Hall–Kier alpha value is -3.36. The lowest BCUT2D eigenvalue weighted by atomic mass is 10.2. The molecule has 0 aromatic heterocycles. The molecule has 0 saturated heterocycles. The highest BCUT2D eigenvalue weighted by Crippen LogP contribution is 2.18. The SMILES string of the molecule is C[C@@H](SCc1ccccc1)C(=O)N/N=C\c1ccc(/C=N\NC(=O)[C@@H](C)SCc2ccccc2)cc1. The van der Waals surface area contributed by atoms with Crippen LogP contribution in [0.3, 0.4) is 0 Å². The van der Waals surface area contributed by atoms with E-state index >= 15 is 0 Å². The van der Waals surface area contributed by atoms with Crippen molar-refractivity contribution in [2.45, 2.75) is 35.9 Å². The summed E-state index contributed by atoms with van der Waals surface area (Å²) in [5.74, 6) is 1.27. The summed E-state index contributed by atoms with van der Waals surface area (Å²) < 4.78 is 0. The lowest BCUT2D eigenvalue weighted by Gasteiger charge is -2.09. The number of nitrogens with one attached hydrogen (secondary N) is 2. The fourth-order valence-electron chi connectivity index (χ4n) is 2.93. The number of hydrogen-bond donors (Lipinski definition) is 2. The van der Waals surface area contributed by atoms with Crippen LogP contribution in [-0.2, 0) is 21.1 Å². The van der Waals surface area contributed by atoms with Crippen LogP contribution >= 0.6 is 23.5 Å². The van der Waals surface area contributed by atoms with E-state index in [2.05, 4.69) is 21.1 Å². The first-order chi connectivity index (χ1) is 17.5. The molecular formula is C28H30N4O2S2. The maximum absolute atomic E-state index is 12.2. The van der Waals surface area contributed by atoms with Gasteiger partial charge in [-0.15, -0.1) is 23.5 Å². The number of carbonyl (C=O) groups excluding carboxylic acids is 2. The van der Waals surface area contributed by atoms with Gasteiger partial charge in [0.05, 0.1) is 22.9 Å². The average Bonchev–Trinajstić information content (AvgIpc) is 2.92. The van der Waals surface area contributed by atoms with Crippen LogP contribution in [0.1, 0.15) is 36.1 Å². The van der Waals surface area contributed by atoms with Crippen LogP contribution in [0.15, 0.2) is 95.1 Å². The van der Waals surface area contributed by atoms with Crippen LogP contribution in [0.2, 0.25) is 0 Å². The molecule has 0 aliphatic heterocycles. The Labute approximate surface area is 221 Å². The Kier molecular flexibility index (Phi) is 11.3. The van der Waals surface area contributed by atoms with Crippen LogP contribution in [0.5, 0.6) is 0 Å². The Morgan fingerprint density at radius 3 is 1.39 bits per heavy atom. The summed E-state index contributed by atoms with van der Waals surface area (Å²) in [6, 6.07) is 27.6. The third-order valence-electron chi connectivity index (χ3n) is 5.14. The second-order valence-corrected chi connectivity index (χ2v) is 10.7. The van der Waals surface area contributed by atoms with Gasteiger partial charge in [-0.2, -0.15) is 10.2 Å². The monoisotopic (exact) mass is 518 g/mol. The minimum atomic E-state index is -0.212. The van der Waals surface area contributed by atoms with Crippen molar-refractivity contribution in [3.63, 3.8) is 0 Å². The van der Waals surface area contributed by atoms with Crippen LogP contribution in [0.4, 0.5) is 0 Å². The van der Waals surface area contributed by atoms with Gasteiger partial charge < -0.3 is 0 Å². The molecule has 3 rings (SSSR count). The van der Waals surface area contributed by atoms with Crippen molar-refractivity contribution < 1.29 is 9.59 Å². The third-order valence-corrected chi connectivity index (χ3v) is 7.57. The molecule has 0 bridgehead atoms. The molecule has 2 amide bonds. The molecule has 0 heterocycles. The van der Waals surface area contributed by atoms with Crippen LogP contribution in [-0.4, -0.2) is 34.7 Å². The van der Waals surface area contributed by atoms with Gasteiger partial charge in [-0.25, -0.2) is 10.9 Å². The molecule has 3 aromatic rings. The van der Waals surface area contributed by atoms with Crippen molar-refractivity contribution in [2.75, 3.05) is 0 Å². The number of carbonyl (C=O) groups is 2. The molecule has 0 fully saturated rings. The molecule has 0 unspecified atom stereocenters. The molecule has 3 aromatic carbocycles. The molecule has 0 spiro atoms. The van der Waals surface area contributed by atoms with Crippen LogP contribution in [0, 0.1) is 0 Å². The minimum Gasteiger partial charge on any atom is -0.272 e. The number of thioether (sulfide) groups is 2. The first-order valence-electron chi connectivity index (χ1n) is 11.6. The van der Waals surface area contributed by atoms with E-state index in [1.165, 1.54) is 11.1 Å². The molecule has 6 nitrogen and oxygen atoms in total. The van der Waals surface area contributed by atoms with Gasteiger partial charge in [0.25, 0.3) is 11.8 Å². The molecule has 36 heavy (non-hydrogen) atoms. The first-order valence-corrected chi connectivity index (χ1v) is 13.7. The highest BCUT2D eigenvalue weighted by Gasteiger charge is 2.13. The fourth-order valence-corrected chi connectivity index (χ4v) is 4.61. The van der Waals surface area contributed by atoms with E-state index in [0.29, 0.717) is 0 Å². The number of hydrazone groups is 2. The van der Waals surface area contributed by atoms with Gasteiger partial charge in [0.2, 0.25) is 0 Å². The van der Waals surface area contributed by atoms with Gasteiger partial charge in [-0.3, -0.25) is 9.59 Å². The minimum absolute atomic E-state index is 0.136. The maximum Gasteiger partial charge on any atom is 0.252 e. The molecular weight excluding hydrogens is 488 g/mol. The lowest BCUT2D eigenvalue weighted by Crippen LogP contribution is -2.27. The molecule has 0 saturated carbocycles. The van der Waals surface area contributed by atoms with Gasteiger partial charge in [0, 0.05) is 11.5 Å². The normalized spacial score (nSPS) is 12.9. The number of hydrogen-bond acceptors (Lipinski definition) is 6. The standard InChI is InChI=1S/C28H30N4O2S2/c1-21(35-19-25-9-5-3-6-10-25)27(33)31-29-17-23-13-15-24(16-14-23)18-30-32-28(34)22(2)36-20-26-11-7-4-8-12-26/h3-18,21-22H,19-20H2,1-2H3,(H,31,33)(H,32,34)/b29-17-,30-18-/t21-,22-/m1/s1. The summed E-state index contributed by atoms with van der Waals surface area (Å²) >= 11 is 3.13. The van der Waals surface area contributed by atoms with E-state index in [0.717, 1.165) is 22.6 Å². The Morgan fingerprint density at radius 2 is 1.03 bits per heavy atom. The molecule has 186 valence electrons. The summed E-state index contributed by atoms with van der Waals surface area (Å²) in [6.45, 7) is 3.74. The predicted molar refractivity (Wildman–Crippen MR) is 152 cm³/mol. The smallest absolute Gasteiger partial charge is 0.252 e. The third kappa shape index (κ3) is 9.71. The van der Waals surface area contributed by atoms with Gasteiger partial charge in [-0.05, 0) is 36.1 Å². The molecule has 0 aliphatic rings. The number of benzene rings is 3. The zero-order valence-electron chi connectivity index (χ0n) is 20.3. The molecule has 0 radical (unpaired) electrons. The lowest BCUT2D eigenvalue weighted by molar-refractivity contribution is -0.121. The molecule has 8 heteroatoms. The summed E-state index contributed by atoms with van der Waals surface area (Å²) in [7, 11) is 0. The Bertz CT molecular complexity index is 1060. The van der Waals surface area contributed by atoms with Crippen molar-refractivity contribution in [3.05, 3.63) is 107 Å². The van der Waals surface area contributed by atoms with Gasteiger partial charge in [0.1, 0.15) is 0 Å². The van der Waals surface area contributed by atoms with E-state index in [4.69, 9.17) is 0 Å². The summed E-state index contributed by atoms with van der Waals surface area (Å²) in [5.41, 5.74) is 9.24. The fraction of sp³-hybridized carbons (Fsp3) is 0.214. The summed E-state index contributed by atoms with van der Waals surface area (Å²) in [6.07, 6.45) is 3.20. The van der Waals surface area contributed by atoms with Crippen LogP contribution in [0.25, 0.3) is 0 Å². The second-order valence-electron chi connectivity index (χ2n) is 8.01. The quantitative estimate of drug-likeness (QED) is 0.254. The second kappa shape index (κ2) is 14.9. The first kappa shape index (κ1) is 27.2. The van der Waals surface area contributed by atoms with Crippen molar-refractivity contribution in [1.29, 1.82) is 0 Å². The Balaban J connectivity index is 1.37. The summed E-state index contributed by atoms with van der Waals surface area (Å²) in [5, 5.41) is 7.70. The zero-order valence-corrected chi connectivity index (χ0v) is 22.0. The van der Waals surface area contributed by atoms with Crippen LogP contribution < -0.4 is 10.9 Å². The van der Waals surface area contributed by atoms with Crippen molar-refractivity contribution in [3.8, 4) is 0 Å². The average molecular weight is 519 g/mol. The van der Waals surface area contributed by atoms with Crippen molar-refractivity contribution in [2.24, 2.45) is 10.2 Å². The highest BCUT2D eigenvalue weighted by atomic mass is 32.2. The molecule has 2 atom stereocenters. The van der Waals surface area contributed by atoms with E-state index < -0.39 is 0 Å². The van der Waals surface area contributed by atoms with E-state index in [1.54, 1.807) is 36.0 Å². The van der Waals surface area contributed by atoms with Crippen molar-refractivity contribution >= 4 is 47.8 Å². The van der Waals surface area contributed by atoms with Gasteiger partial charge in [-0.1, -0.05) is 84.9 Å². The van der Waals surface area contributed by atoms with E-state index in [9.17, 15) is 9.59 Å². The molecule has 2 N–H and O–H groups in total. The van der Waals surface area contributed by atoms with E-state index in [1.807, 2.05) is 98.8 Å². The number of rotatable bonds is 12. The largest absolute Gasteiger partial charge is 0.272 e. The Morgan fingerprint density at radius 1 is 0.667 bits per heavy atom. The predicted octanol–water partition coefficient (Wildman–Crippen LogP) is 5.23. The topological polar surface area (TPSA) is 82.9 Å². The number of nitrogens with zero attached hydrogens (tertiary/aromatic N) is 2. The zero-order chi connectivity index (χ0) is 25.6.